The van der Waals surface area contributed by atoms with E-state index >= 15 is 0 Å². The van der Waals surface area contributed by atoms with Crippen LogP contribution in [0, 0.1) is 46.3 Å². The zero-order chi connectivity index (χ0) is 29.2. The summed E-state index contributed by atoms with van der Waals surface area (Å²) in [7, 11) is 4.10. The van der Waals surface area contributed by atoms with Crippen molar-refractivity contribution in [2.75, 3.05) is 14.1 Å². The van der Waals surface area contributed by atoms with Crippen LogP contribution in [0.3, 0.4) is 0 Å². The minimum absolute atomic E-state index is 0.0207. The van der Waals surface area contributed by atoms with E-state index in [0.717, 1.165) is 32.1 Å². The SMILES string of the molecule is CCC(CC)CCC1CC(N(C)C)C2CC3(C)CC4(C)CC(=O)C(C(C)=O)C(O)C4(O)C(O)C3C(O)C2C1O. The second kappa shape index (κ2) is 10.7. The smallest absolute Gasteiger partial charge is 0.146 e. The molecule has 0 spiro atoms. The van der Waals surface area contributed by atoms with Crippen molar-refractivity contribution < 1.29 is 35.1 Å². The number of Topliss-reactive ketones (excluding diaryl/α,β-unsaturated/α-hetero) is 2. The van der Waals surface area contributed by atoms with Gasteiger partial charge in [-0.2, -0.15) is 0 Å². The highest BCUT2D eigenvalue weighted by molar-refractivity contribution is 6.03. The number of hydrogen-bond acceptors (Lipinski definition) is 8. The van der Waals surface area contributed by atoms with E-state index in [9.17, 15) is 35.1 Å². The molecule has 0 aromatic carbocycles. The Bertz CT molecular complexity index is 938. The van der Waals surface area contributed by atoms with E-state index in [1.807, 2.05) is 21.0 Å². The molecule has 4 aliphatic rings. The largest absolute Gasteiger partial charge is 0.392 e. The third kappa shape index (κ3) is 4.65. The standard InChI is InChI=1S/C31H53NO7/c1-8-17(9-2)10-11-18-12-20(32(6)7)19-13-29(4)15-30(5)14-21(34)22(16(3)33)27(37)31(30,39)28(38)24(29)26(36)23(19)25(18)35/h17-20,22-28,35-39H,8-15H2,1-7H3. The molecule has 8 nitrogen and oxygen atoms in total. The lowest BCUT2D eigenvalue weighted by Crippen LogP contribution is -2.78. The molecular formula is C31H53NO7. The topological polar surface area (TPSA) is 139 Å². The predicted octanol–water partition coefficient (Wildman–Crippen LogP) is 2.17. The average molecular weight is 552 g/mol. The van der Waals surface area contributed by atoms with Gasteiger partial charge in [0.2, 0.25) is 0 Å². The molecule has 4 rings (SSSR count). The number of hydrogen-bond donors (Lipinski definition) is 5. The van der Waals surface area contributed by atoms with Gasteiger partial charge >= 0.3 is 0 Å². The van der Waals surface area contributed by atoms with Crippen molar-refractivity contribution in [3.8, 4) is 0 Å². The summed E-state index contributed by atoms with van der Waals surface area (Å²) >= 11 is 0. The number of nitrogens with zero attached hydrogens (tertiary/aromatic N) is 1. The third-order valence-electron chi connectivity index (χ3n) is 12.1. The van der Waals surface area contributed by atoms with Gasteiger partial charge in [0.25, 0.3) is 0 Å². The molecule has 4 saturated carbocycles. The van der Waals surface area contributed by atoms with Crippen LogP contribution in [0.5, 0.6) is 0 Å². The number of ketones is 2. The molecular weight excluding hydrogens is 498 g/mol. The number of fused-ring (bicyclic) bond motifs is 3. The van der Waals surface area contributed by atoms with E-state index in [4.69, 9.17) is 0 Å². The normalized spacial score (nSPS) is 49.9. The zero-order valence-corrected chi connectivity index (χ0v) is 25.0. The highest BCUT2D eigenvalue weighted by Crippen LogP contribution is 2.66. The van der Waals surface area contributed by atoms with Crippen LogP contribution in [0.4, 0.5) is 0 Å². The third-order valence-corrected chi connectivity index (χ3v) is 12.1. The van der Waals surface area contributed by atoms with E-state index in [2.05, 4.69) is 18.7 Å². The second-order valence-electron chi connectivity index (χ2n) is 14.6. The number of carbonyl (C=O) groups excluding carboxylic acids is 2. The first-order valence-electron chi connectivity index (χ1n) is 15.2. The first-order valence-corrected chi connectivity index (χ1v) is 15.2. The van der Waals surface area contributed by atoms with Crippen molar-refractivity contribution in [1.29, 1.82) is 0 Å². The van der Waals surface area contributed by atoms with E-state index in [-0.39, 0.29) is 24.3 Å². The molecule has 4 fully saturated rings. The molecule has 0 heterocycles. The maximum absolute atomic E-state index is 13.0. The van der Waals surface area contributed by atoms with Crippen molar-refractivity contribution in [2.45, 2.75) is 122 Å². The lowest BCUT2D eigenvalue weighted by Gasteiger charge is -2.68. The first-order chi connectivity index (χ1) is 18.1. The van der Waals surface area contributed by atoms with Gasteiger partial charge < -0.3 is 30.4 Å². The molecule has 224 valence electrons. The highest BCUT2D eigenvalue weighted by atomic mass is 16.4. The van der Waals surface area contributed by atoms with Crippen LogP contribution in [0.2, 0.25) is 0 Å². The maximum Gasteiger partial charge on any atom is 0.146 e. The van der Waals surface area contributed by atoms with Gasteiger partial charge in [-0.3, -0.25) is 9.59 Å². The molecule has 0 aromatic rings. The molecule has 0 aliphatic heterocycles. The molecule has 0 bridgehead atoms. The average Bonchev–Trinajstić information content (AvgIpc) is 2.82. The minimum atomic E-state index is -2.13. The Kier molecular flexibility index (Phi) is 8.55. The fourth-order valence-corrected chi connectivity index (χ4v) is 10.1. The number of aliphatic hydroxyl groups is 5. The molecule has 0 radical (unpaired) electrons. The Balaban J connectivity index is 1.72. The summed E-state index contributed by atoms with van der Waals surface area (Å²) in [6.45, 7) is 9.35. The Morgan fingerprint density at radius 1 is 1.05 bits per heavy atom. The summed E-state index contributed by atoms with van der Waals surface area (Å²) < 4.78 is 0. The molecule has 4 aliphatic carbocycles. The minimum Gasteiger partial charge on any atom is -0.392 e. The number of carbonyl (C=O) groups is 2. The first kappa shape index (κ1) is 31.0. The fraction of sp³-hybridized carbons (Fsp3) is 0.935. The van der Waals surface area contributed by atoms with Crippen LogP contribution in [0.15, 0.2) is 0 Å². The molecule has 0 saturated heterocycles. The Morgan fingerprint density at radius 2 is 1.67 bits per heavy atom. The summed E-state index contributed by atoms with van der Waals surface area (Å²) in [6.07, 6.45) is 0.602. The van der Waals surface area contributed by atoms with Crippen molar-refractivity contribution in [3.63, 3.8) is 0 Å². The van der Waals surface area contributed by atoms with E-state index in [0.29, 0.717) is 18.8 Å². The van der Waals surface area contributed by atoms with E-state index in [1.165, 1.54) is 6.92 Å². The van der Waals surface area contributed by atoms with Crippen LogP contribution >= 0.6 is 0 Å². The summed E-state index contributed by atoms with van der Waals surface area (Å²) in [6, 6.07) is 0.143. The predicted molar refractivity (Wildman–Crippen MR) is 148 cm³/mol. The maximum atomic E-state index is 13.0. The molecule has 13 atom stereocenters. The molecule has 0 amide bonds. The molecule has 5 N–H and O–H groups in total. The molecule has 39 heavy (non-hydrogen) atoms. The van der Waals surface area contributed by atoms with Crippen LogP contribution in [-0.2, 0) is 9.59 Å². The van der Waals surface area contributed by atoms with Gasteiger partial charge in [0.1, 0.15) is 29.2 Å². The van der Waals surface area contributed by atoms with Gasteiger partial charge in [0, 0.05) is 29.7 Å². The van der Waals surface area contributed by atoms with Gasteiger partial charge in [-0.25, -0.2) is 0 Å². The molecule has 0 aromatic heterocycles. The van der Waals surface area contributed by atoms with Crippen molar-refractivity contribution in [3.05, 3.63) is 0 Å². The van der Waals surface area contributed by atoms with Crippen molar-refractivity contribution in [2.24, 2.45) is 46.3 Å². The van der Waals surface area contributed by atoms with Crippen LogP contribution in [0.25, 0.3) is 0 Å². The number of aliphatic hydroxyl groups excluding tert-OH is 4. The Hall–Kier alpha value is -0.900. The van der Waals surface area contributed by atoms with Crippen LogP contribution < -0.4 is 0 Å². The van der Waals surface area contributed by atoms with Crippen LogP contribution in [-0.4, -0.2) is 92.2 Å². The van der Waals surface area contributed by atoms with E-state index in [1.54, 1.807) is 6.92 Å². The van der Waals surface area contributed by atoms with Crippen molar-refractivity contribution in [1.82, 2.24) is 4.90 Å². The lowest BCUT2D eigenvalue weighted by atomic mass is 9.39. The summed E-state index contributed by atoms with van der Waals surface area (Å²) in [4.78, 5) is 27.5. The Labute approximate surface area is 234 Å². The van der Waals surface area contributed by atoms with Gasteiger partial charge in [0.15, 0.2) is 0 Å². The number of rotatable bonds is 7. The fourth-order valence-electron chi connectivity index (χ4n) is 10.1. The lowest BCUT2D eigenvalue weighted by molar-refractivity contribution is -0.315. The van der Waals surface area contributed by atoms with Gasteiger partial charge in [-0.1, -0.05) is 47.0 Å². The van der Waals surface area contributed by atoms with E-state index < -0.39 is 70.2 Å². The summed E-state index contributed by atoms with van der Waals surface area (Å²) in [5.41, 5.74) is -3.93. The monoisotopic (exact) mass is 551 g/mol. The van der Waals surface area contributed by atoms with Gasteiger partial charge in [-0.15, -0.1) is 0 Å². The quantitative estimate of drug-likeness (QED) is 0.304. The van der Waals surface area contributed by atoms with Crippen LogP contribution in [0.1, 0.15) is 86.0 Å². The molecule has 8 heteroatoms. The van der Waals surface area contributed by atoms with Gasteiger partial charge in [-0.05, 0) is 69.9 Å². The zero-order valence-electron chi connectivity index (χ0n) is 25.0. The molecule has 13 unspecified atom stereocenters. The summed E-state index contributed by atoms with van der Waals surface area (Å²) in [5.74, 6) is -3.05. The second-order valence-corrected chi connectivity index (χ2v) is 14.6. The van der Waals surface area contributed by atoms with Gasteiger partial charge in [0.05, 0.1) is 18.3 Å². The summed E-state index contributed by atoms with van der Waals surface area (Å²) in [5, 5.41) is 59.0. The highest BCUT2D eigenvalue weighted by Gasteiger charge is 2.74. The Morgan fingerprint density at radius 3 is 2.21 bits per heavy atom. The van der Waals surface area contributed by atoms with Crippen molar-refractivity contribution >= 4 is 11.6 Å².